The molecule has 0 unspecified atom stereocenters. The molecule has 116 valence electrons. The zero-order valence-corrected chi connectivity index (χ0v) is 12.7. The molecule has 22 heavy (non-hydrogen) atoms. The van der Waals surface area contributed by atoms with E-state index in [1.165, 1.54) is 10.2 Å². The molecule has 0 radical (unpaired) electrons. The molecule has 1 fully saturated rings. The van der Waals surface area contributed by atoms with Crippen LogP contribution in [0, 0.1) is 20.8 Å². The van der Waals surface area contributed by atoms with Gasteiger partial charge in [-0.25, -0.2) is 15.5 Å². The summed E-state index contributed by atoms with van der Waals surface area (Å²) < 4.78 is 1.54. The van der Waals surface area contributed by atoms with Gasteiger partial charge < -0.3 is 0 Å². The second kappa shape index (κ2) is 5.85. The van der Waals surface area contributed by atoms with Crippen LogP contribution >= 0.6 is 0 Å². The molecule has 8 nitrogen and oxygen atoms in total. The Balaban J connectivity index is 1.95. The molecule has 0 bridgehead atoms. The van der Waals surface area contributed by atoms with Crippen molar-refractivity contribution in [2.24, 2.45) is 4.99 Å². The molecule has 1 aromatic heterocycles. The van der Waals surface area contributed by atoms with Gasteiger partial charge in [-0.15, -0.1) is 0 Å². The lowest BCUT2D eigenvalue weighted by Gasteiger charge is -2.05. The average molecular weight is 301 g/mol. The molecule has 0 atom stereocenters. The largest absolute Gasteiger partial charge is 0.295 e. The van der Waals surface area contributed by atoms with Crippen molar-refractivity contribution in [3.8, 4) is 5.69 Å². The highest BCUT2D eigenvalue weighted by molar-refractivity contribution is 5.80. The van der Waals surface area contributed by atoms with Gasteiger partial charge in [-0.2, -0.15) is 11.1 Å². The van der Waals surface area contributed by atoms with Crippen LogP contribution in [-0.4, -0.2) is 22.3 Å². The molecular formula is C14H19N7O. The normalized spacial score (nSPS) is 16.0. The van der Waals surface area contributed by atoms with Gasteiger partial charge in [-0.05, 0) is 44.0 Å². The molecule has 0 saturated carbocycles. The molecule has 1 aromatic carbocycles. The zero-order valence-electron chi connectivity index (χ0n) is 12.7. The summed E-state index contributed by atoms with van der Waals surface area (Å²) >= 11 is 0. The van der Waals surface area contributed by atoms with Gasteiger partial charge >= 0.3 is 0 Å². The van der Waals surface area contributed by atoms with Crippen LogP contribution in [0.25, 0.3) is 5.69 Å². The molecular weight excluding hydrogens is 282 g/mol. The molecule has 1 aliphatic rings. The Morgan fingerprint density at radius 1 is 1.14 bits per heavy atom. The predicted octanol–water partition coefficient (Wildman–Crippen LogP) is -0.0896. The molecule has 3 rings (SSSR count). The van der Waals surface area contributed by atoms with Gasteiger partial charge in [0.25, 0.3) is 5.56 Å². The second-order valence-electron chi connectivity index (χ2n) is 5.28. The van der Waals surface area contributed by atoms with E-state index in [0.29, 0.717) is 5.56 Å². The Bertz CT molecular complexity index is 768. The quantitative estimate of drug-likeness (QED) is 0.510. The average Bonchev–Trinajstić information content (AvgIpc) is 3.09. The number of nitrogens with one attached hydrogen (secondary N) is 5. The Morgan fingerprint density at radius 2 is 1.86 bits per heavy atom. The van der Waals surface area contributed by atoms with Gasteiger partial charge in [-0.3, -0.25) is 14.9 Å². The predicted molar refractivity (Wildman–Crippen MR) is 84.5 cm³/mol. The molecule has 5 N–H and O–H groups in total. The lowest BCUT2D eigenvalue weighted by molar-refractivity contribution is 0.551. The van der Waals surface area contributed by atoms with Crippen LogP contribution < -0.4 is 27.5 Å². The lowest BCUT2D eigenvalue weighted by Crippen LogP contribution is -2.33. The summed E-state index contributed by atoms with van der Waals surface area (Å²) in [4.78, 5) is 16.8. The number of hydrogen-bond acceptors (Lipinski definition) is 6. The fourth-order valence-electron chi connectivity index (χ4n) is 2.23. The number of hydrogen-bond donors (Lipinski definition) is 5. The van der Waals surface area contributed by atoms with E-state index in [1.807, 2.05) is 39.0 Å². The molecule has 0 spiro atoms. The number of aromatic amines is 1. The van der Waals surface area contributed by atoms with Crippen molar-refractivity contribution in [1.82, 2.24) is 31.7 Å². The minimum absolute atomic E-state index is 0.122. The third-order valence-electron chi connectivity index (χ3n) is 3.70. The summed E-state index contributed by atoms with van der Waals surface area (Å²) in [6.07, 6.45) is 1.23. The SMILES string of the molecule is Cc1ccc(-n2[nH]c(C)c(/C=N/C3NNNN3)c2=O)cc1C. The van der Waals surface area contributed by atoms with Gasteiger partial charge in [0.05, 0.1) is 11.3 Å². The number of H-pyrrole nitrogens is 1. The molecule has 2 aromatic rings. The number of aromatic nitrogens is 2. The van der Waals surface area contributed by atoms with Gasteiger partial charge in [-0.1, -0.05) is 6.07 Å². The van der Waals surface area contributed by atoms with Crippen molar-refractivity contribution in [3.63, 3.8) is 0 Å². The van der Waals surface area contributed by atoms with Gasteiger partial charge in [0.1, 0.15) is 0 Å². The minimum atomic E-state index is -0.330. The number of aliphatic imine (C=N–C) groups is 1. The van der Waals surface area contributed by atoms with Crippen molar-refractivity contribution in [2.75, 3.05) is 0 Å². The van der Waals surface area contributed by atoms with E-state index in [1.54, 1.807) is 6.21 Å². The fraction of sp³-hybridized carbons (Fsp3) is 0.286. The second-order valence-corrected chi connectivity index (χ2v) is 5.28. The highest BCUT2D eigenvalue weighted by Crippen LogP contribution is 2.12. The van der Waals surface area contributed by atoms with Crippen molar-refractivity contribution in [1.29, 1.82) is 0 Å². The molecule has 0 aliphatic carbocycles. The third-order valence-corrected chi connectivity index (χ3v) is 3.70. The Hall–Kier alpha value is -2.26. The molecule has 2 heterocycles. The van der Waals surface area contributed by atoms with Crippen LogP contribution in [0.15, 0.2) is 28.0 Å². The van der Waals surface area contributed by atoms with E-state index in [-0.39, 0.29) is 11.8 Å². The van der Waals surface area contributed by atoms with E-state index in [0.717, 1.165) is 16.9 Å². The van der Waals surface area contributed by atoms with Gasteiger partial charge in [0.15, 0.2) is 6.29 Å². The smallest absolute Gasteiger partial charge is 0.280 e. The summed E-state index contributed by atoms with van der Waals surface area (Å²) in [6, 6.07) is 5.92. The summed E-state index contributed by atoms with van der Waals surface area (Å²) in [6.45, 7) is 5.93. The van der Waals surface area contributed by atoms with Gasteiger partial charge in [0, 0.05) is 11.9 Å². The molecule has 8 heteroatoms. The van der Waals surface area contributed by atoms with Crippen molar-refractivity contribution in [3.05, 3.63) is 50.9 Å². The number of nitrogens with zero attached hydrogens (tertiary/aromatic N) is 2. The van der Waals surface area contributed by atoms with E-state index < -0.39 is 0 Å². The number of benzene rings is 1. The summed E-state index contributed by atoms with van der Waals surface area (Å²) in [5.74, 6) is 0. The van der Waals surface area contributed by atoms with Crippen LogP contribution in [0.2, 0.25) is 0 Å². The van der Waals surface area contributed by atoms with Crippen LogP contribution in [0.1, 0.15) is 22.4 Å². The summed E-state index contributed by atoms with van der Waals surface area (Å²) in [5.41, 5.74) is 15.3. The number of aryl methyl sites for hydroxylation is 3. The Labute approximate surface area is 127 Å². The van der Waals surface area contributed by atoms with Crippen LogP contribution in [0.5, 0.6) is 0 Å². The first kappa shape index (κ1) is 14.7. The first-order chi connectivity index (χ1) is 10.6. The maximum Gasteiger partial charge on any atom is 0.280 e. The van der Waals surface area contributed by atoms with Crippen LogP contribution in [0.4, 0.5) is 0 Å². The molecule has 0 amide bonds. The third kappa shape index (κ3) is 2.72. The summed E-state index contributed by atoms with van der Waals surface area (Å²) in [7, 11) is 0. The van der Waals surface area contributed by atoms with E-state index in [4.69, 9.17) is 0 Å². The van der Waals surface area contributed by atoms with Crippen molar-refractivity contribution < 1.29 is 0 Å². The first-order valence-electron chi connectivity index (χ1n) is 7.00. The molecule has 1 saturated heterocycles. The topological polar surface area (TPSA) is 98.3 Å². The molecule has 1 aliphatic heterocycles. The van der Waals surface area contributed by atoms with Crippen LogP contribution in [0.3, 0.4) is 0 Å². The fourth-order valence-corrected chi connectivity index (χ4v) is 2.23. The van der Waals surface area contributed by atoms with Crippen molar-refractivity contribution in [2.45, 2.75) is 27.1 Å². The van der Waals surface area contributed by atoms with Crippen molar-refractivity contribution >= 4 is 6.21 Å². The number of rotatable bonds is 3. The zero-order chi connectivity index (χ0) is 15.7. The maximum absolute atomic E-state index is 12.6. The lowest BCUT2D eigenvalue weighted by atomic mass is 10.1. The van der Waals surface area contributed by atoms with E-state index in [2.05, 4.69) is 32.0 Å². The Kier molecular flexibility index (Phi) is 3.90. The summed E-state index contributed by atoms with van der Waals surface area (Å²) in [5, 5.41) is 3.09. The maximum atomic E-state index is 12.6. The number of hydrazine groups is 3. The highest BCUT2D eigenvalue weighted by Gasteiger charge is 2.13. The van der Waals surface area contributed by atoms with Crippen LogP contribution in [-0.2, 0) is 0 Å². The Morgan fingerprint density at radius 3 is 2.55 bits per heavy atom. The first-order valence-corrected chi connectivity index (χ1v) is 7.00. The standard InChI is InChI=1S/C14H19N7O/c1-8-4-5-11(6-9(8)2)21-13(22)12(10(3)18-21)7-15-14-16-19-20-17-14/h4-7,14,16-20H,1-3H3/b15-7+. The monoisotopic (exact) mass is 301 g/mol. The van der Waals surface area contributed by atoms with E-state index >= 15 is 0 Å². The minimum Gasteiger partial charge on any atom is -0.295 e. The highest BCUT2D eigenvalue weighted by atomic mass is 16.1. The van der Waals surface area contributed by atoms with Gasteiger partial charge in [0.2, 0.25) is 0 Å². The van der Waals surface area contributed by atoms with E-state index in [9.17, 15) is 4.79 Å².